The largest absolute Gasteiger partial charge is 0.496 e. The highest BCUT2D eigenvalue weighted by Gasteiger charge is 2.14. The molecule has 1 aromatic carbocycles. The third-order valence-corrected chi connectivity index (χ3v) is 3.66. The van der Waals surface area contributed by atoms with Crippen LogP contribution < -0.4 is 9.47 Å². The average molecular weight is 318 g/mol. The summed E-state index contributed by atoms with van der Waals surface area (Å²) in [4.78, 5) is 15.3. The third kappa shape index (κ3) is 2.97. The molecule has 0 N–H and O–H groups in total. The minimum absolute atomic E-state index is 0.262. The van der Waals surface area contributed by atoms with Crippen LogP contribution in [0.25, 0.3) is 5.57 Å². The van der Waals surface area contributed by atoms with Crippen molar-refractivity contribution in [2.24, 2.45) is 0 Å². The predicted molar refractivity (Wildman–Crippen MR) is 87.1 cm³/mol. The maximum atomic E-state index is 11.2. The van der Waals surface area contributed by atoms with Gasteiger partial charge in [-0.2, -0.15) is 0 Å². The number of ether oxygens (including phenoxy) is 2. The maximum Gasteiger partial charge on any atom is 0.150 e. The highest BCUT2D eigenvalue weighted by Crippen LogP contribution is 2.34. The van der Waals surface area contributed by atoms with E-state index in [0.29, 0.717) is 28.2 Å². The minimum Gasteiger partial charge on any atom is -0.496 e. The van der Waals surface area contributed by atoms with Crippen molar-refractivity contribution in [1.29, 1.82) is 0 Å². The normalized spacial score (nSPS) is 10.2. The summed E-state index contributed by atoms with van der Waals surface area (Å²) in [7, 11) is 3.18. The van der Waals surface area contributed by atoms with Crippen LogP contribution in [-0.4, -0.2) is 25.5 Å². The molecule has 4 nitrogen and oxygen atoms in total. The molecule has 0 fully saturated rings. The third-order valence-electron chi connectivity index (χ3n) is 3.46. The van der Waals surface area contributed by atoms with Gasteiger partial charge in [0.2, 0.25) is 0 Å². The van der Waals surface area contributed by atoms with Crippen LogP contribution in [0.4, 0.5) is 0 Å². The lowest BCUT2D eigenvalue weighted by molar-refractivity contribution is 0.112. The molecule has 0 spiro atoms. The fourth-order valence-electron chi connectivity index (χ4n) is 2.21. The molecule has 2 rings (SSSR count). The van der Waals surface area contributed by atoms with E-state index in [-0.39, 0.29) is 5.15 Å². The second-order valence-electron chi connectivity index (χ2n) is 4.70. The Bertz CT molecular complexity index is 716. The van der Waals surface area contributed by atoms with Crippen LogP contribution >= 0.6 is 11.6 Å². The standard InChI is InChI=1S/C17H16ClNO3/c1-10(14-8-19-17(18)7-13(14)9-20)12-5-15(21-3)11(2)16(6-12)22-4/h5-9H,1H2,2-4H3. The molecule has 0 bridgehead atoms. The van der Waals surface area contributed by atoms with Crippen LogP contribution in [-0.2, 0) is 0 Å². The van der Waals surface area contributed by atoms with Gasteiger partial charge in [-0.05, 0) is 36.3 Å². The first-order valence-electron chi connectivity index (χ1n) is 6.54. The molecule has 0 radical (unpaired) electrons. The van der Waals surface area contributed by atoms with Crippen molar-refractivity contribution >= 4 is 23.5 Å². The number of aromatic nitrogens is 1. The van der Waals surface area contributed by atoms with Crippen LogP contribution in [0.3, 0.4) is 0 Å². The van der Waals surface area contributed by atoms with Crippen molar-refractivity contribution in [2.75, 3.05) is 14.2 Å². The average Bonchev–Trinajstić information content (AvgIpc) is 2.54. The van der Waals surface area contributed by atoms with E-state index in [1.54, 1.807) is 14.2 Å². The van der Waals surface area contributed by atoms with Crippen molar-refractivity contribution in [3.05, 3.63) is 58.4 Å². The number of hydrogen-bond acceptors (Lipinski definition) is 4. The second-order valence-corrected chi connectivity index (χ2v) is 5.08. The first-order chi connectivity index (χ1) is 10.5. The molecular weight excluding hydrogens is 302 g/mol. The topological polar surface area (TPSA) is 48.4 Å². The number of pyridine rings is 1. The van der Waals surface area contributed by atoms with E-state index in [1.165, 1.54) is 12.3 Å². The number of hydrogen-bond donors (Lipinski definition) is 0. The minimum atomic E-state index is 0.262. The fraction of sp³-hybridized carbons (Fsp3) is 0.176. The highest BCUT2D eigenvalue weighted by molar-refractivity contribution is 6.29. The summed E-state index contributed by atoms with van der Waals surface area (Å²) in [5, 5.41) is 0.262. The molecule has 0 unspecified atom stereocenters. The Kier molecular flexibility index (Phi) is 4.83. The van der Waals surface area contributed by atoms with Gasteiger partial charge >= 0.3 is 0 Å². The lowest BCUT2D eigenvalue weighted by atomic mass is 9.96. The van der Waals surface area contributed by atoms with Crippen LogP contribution in [0.1, 0.15) is 27.0 Å². The zero-order chi connectivity index (χ0) is 16.3. The zero-order valence-electron chi connectivity index (χ0n) is 12.6. The monoisotopic (exact) mass is 317 g/mol. The molecule has 0 atom stereocenters. The number of methoxy groups -OCH3 is 2. The molecule has 1 heterocycles. The molecule has 5 heteroatoms. The van der Waals surface area contributed by atoms with Crippen LogP contribution in [0.2, 0.25) is 5.15 Å². The second kappa shape index (κ2) is 6.62. The molecule has 114 valence electrons. The van der Waals surface area contributed by atoms with E-state index in [0.717, 1.165) is 17.4 Å². The highest BCUT2D eigenvalue weighted by atomic mass is 35.5. The van der Waals surface area contributed by atoms with E-state index < -0.39 is 0 Å². The van der Waals surface area contributed by atoms with Crippen molar-refractivity contribution in [3.63, 3.8) is 0 Å². The number of halogens is 1. The number of rotatable bonds is 5. The fourth-order valence-corrected chi connectivity index (χ4v) is 2.38. The Morgan fingerprint density at radius 2 is 1.82 bits per heavy atom. The van der Waals surface area contributed by atoms with E-state index in [9.17, 15) is 4.79 Å². The van der Waals surface area contributed by atoms with Crippen molar-refractivity contribution in [2.45, 2.75) is 6.92 Å². The summed E-state index contributed by atoms with van der Waals surface area (Å²) in [6, 6.07) is 5.21. The summed E-state index contributed by atoms with van der Waals surface area (Å²) in [6.45, 7) is 5.97. The van der Waals surface area contributed by atoms with Crippen LogP contribution in [0, 0.1) is 6.92 Å². The molecule has 0 saturated heterocycles. The Morgan fingerprint density at radius 1 is 1.23 bits per heavy atom. The smallest absolute Gasteiger partial charge is 0.150 e. The Hall–Kier alpha value is -2.33. The van der Waals surface area contributed by atoms with Crippen molar-refractivity contribution in [1.82, 2.24) is 4.98 Å². The SMILES string of the molecule is C=C(c1cc(OC)c(C)c(OC)c1)c1cnc(Cl)cc1C=O. The van der Waals surface area contributed by atoms with E-state index in [2.05, 4.69) is 11.6 Å². The number of benzene rings is 1. The van der Waals surface area contributed by atoms with Gasteiger partial charge < -0.3 is 9.47 Å². The molecule has 0 aliphatic carbocycles. The molecular formula is C17H16ClNO3. The Labute approximate surface area is 134 Å². The molecule has 0 amide bonds. The van der Waals surface area contributed by atoms with Crippen molar-refractivity contribution < 1.29 is 14.3 Å². The summed E-state index contributed by atoms with van der Waals surface area (Å²) in [6.07, 6.45) is 2.27. The van der Waals surface area contributed by atoms with Crippen LogP contribution in [0.15, 0.2) is 31.0 Å². The van der Waals surface area contributed by atoms with Gasteiger partial charge in [0.05, 0.1) is 14.2 Å². The van der Waals surface area contributed by atoms with E-state index in [1.807, 2.05) is 19.1 Å². The molecule has 1 aromatic heterocycles. The van der Waals surface area contributed by atoms with Gasteiger partial charge in [-0.1, -0.05) is 18.2 Å². The quantitative estimate of drug-likeness (QED) is 0.619. The van der Waals surface area contributed by atoms with Gasteiger partial charge in [-0.25, -0.2) is 4.98 Å². The van der Waals surface area contributed by atoms with Gasteiger partial charge in [0.1, 0.15) is 16.7 Å². The predicted octanol–water partition coefficient (Wildman–Crippen LogP) is 3.93. The lowest BCUT2D eigenvalue weighted by Gasteiger charge is -2.15. The van der Waals surface area contributed by atoms with Gasteiger partial charge in [0, 0.05) is 22.9 Å². The molecule has 0 aliphatic heterocycles. The Balaban J connectivity index is 2.57. The van der Waals surface area contributed by atoms with Gasteiger partial charge in [0.25, 0.3) is 0 Å². The Morgan fingerprint density at radius 3 is 2.32 bits per heavy atom. The molecule has 0 aliphatic rings. The van der Waals surface area contributed by atoms with Crippen LogP contribution in [0.5, 0.6) is 11.5 Å². The summed E-state index contributed by atoms with van der Waals surface area (Å²) >= 11 is 5.82. The summed E-state index contributed by atoms with van der Waals surface area (Å²) in [5.41, 5.74) is 3.37. The first kappa shape index (κ1) is 16.0. The van der Waals surface area contributed by atoms with Gasteiger partial charge in [-0.3, -0.25) is 4.79 Å². The van der Waals surface area contributed by atoms with E-state index >= 15 is 0 Å². The molecule has 2 aromatic rings. The summed E-state index contributed by atoms with van der Waals surface area (Å²) < 4.78 is 10.7. The lowest BCUT2D eigenvalue weighted by Crippen LogP contribution is -1.98. The number of carbonyl (C=O) groups is 1. The number of carbonyl (C=O) groups excluding carboxylic acids is 1. The van der Waals surface area contributed by atoms with E-state index in [4.69, 9.17) is 21.1 Å². The van der Waals surface area contributed by atoms with Crippen molar-refractivity contribution in [3.8, 4) is 11.5 Å². The maximum absolute atomic E-state index is 11.2. The number of aldehydes is 1. The zero-order valence-corrected chi connectivity index (χ0v) is 13.4. The molecule has 0 saturated carbocycles. The van der Waals surface area contributed by atoms with Gasteiger partial charge in [0.15, 0.2) is 6.29 Å². The number of nitrogens with zero attached hydrogens (tertiary/aromatic N) is 1. The first-order valence-corrected chi connectivity index (χ1v) is 6.92. The van der Waals surface area contributed by atoms with Gasteiger partial charge in [-0.15, -0.1) is 0 Å². The summed E-state index contributed by atoms with van der Waals surface area (Å²) in [5.74, 6) is 1.37. The molecule has 22 heavy (non-hydrogen) atoms.